The molecule has 4 nitrogen and oxygen atoms in total. The highest BCUT2D eigenvalue weighted by Gasteiger charge is 2.22. The minimum Gasteiger partial charge on any atom is -0.398 e. The molecular weight excluding hydrogens is 264 g/mol. The molecule has 1 aliphatic rings. The van der Waals surface area contributed by atoms with Gasteiger partial charge in [0.05, 0.1) is 11.7 Å². The lowest BCUT2D eigenvalue weighted by Gasteiger charge is -2.23. The standard InChI is InChI=1S/C17H20N2O2/c1-12-11-19(7-4-8-21-12)17(20)15-9-13-5-2-3-6-14(13)10-16(15)18/h2-3,5-6,9-10,12H,4,7-8,11,18H2,1H3. The van der Waals surface area contributed by atoms with Crippen LogP contribution < -0.4 is 5.73 Å². The van der Waals surface area contributed by atoms with Gasteiger partial charge in [0.1, 0.15) is 0 Å². The average Bonchev–Trinajstić information content (AvgIpc) is 2.70. The van der Waals surface area contributed by atoms with Crippen LogP contribution >= 0.6 is 0 Å². The lowest BCUT2D eigenvalue weighted by atomic mass is 10.0. The number of nitrogens with zero attached hydrogens (tertiary/aromatic N) is 1. The van der Waals surface area contributed by atoms with Gasteiger partial charge < -0.3 is 15.4 Å². The van der Waals surface area contributed by atoms with Gasteiger partial charge >= 0.3 is 0 Å². The van der Waals surface area contributed by atoms with E-state index in [0.29, 0.717) is 24.4 Å². The van der Waals surface area contributed by atoms with Crippen molar-refractivity contribution in [3.8, 4) is 0 Å². The van der Waals surface area contributed by atoms with Crippen molar-refractivity contribution in [2.75, 3.05) is 25.4 Å². The Labute approximate surface area is 124 Å². The van der Waals surface area contributed by atoms with Gasteiger partial charge in [-0.1, -0.05) is 24.3 Å². The summed E-state index contributed by atoms with van der Waals surface area (Å²) in [6.45, 7) is 4.04. The first-order valence-electron chi connectivity index (χ1n) is 7.34. The molecule has 1 heterocycles. The second-order valence-electron chi connectivity index (χ2n) is 5.57. The van der Waals surface area contributed by atoms with Crippen LogP contribution in [0.5, 0.6) is 0 Å². The summed E-state index contributed by atoms with van der Waals surface area (Å²) in [6, 6.07) is 11.7. The number of ether oxygens (including phenoxy) is 1. The van der Waals surface area contributed by atoms with Crippen LogP contribution in [0.25, 0.3) is 10.8 Å². The summed E-state index contributed by atoms with van der Waals surface area (Å²) < 4.78 is 5.59. The SMILES string of the molecule is CC1CN(C(=O)c2cc3ccccc3cc2N)CCCO1. The van der Waals surface area contributed by atoms with Gasteiger partial charge in [-0.3, -0.25) is 4.79 Å². The third kappa shape index (κ3) is 2.85. The number of rotatable bonds is 1. The highest BCUT2D eigenvalue weighted by atomic mass is 16.5. The summed E-state index contributed by atoms with van der Waals surface area (Å²) in [5.41, 5.74) is 7.21. The van der Waals surface area contributed by atoms with Gasteiger partial charge in [0.2, 0.25) is 0 Å². The fourth-order valence-corrected chi connectivity index (χ4v) is 2.79. The van der Waals surface area contributed by atoms with E-state index in [9.17, 15) is 4.79 Å². The summed E-state index contributed by atoms with van der Waals surface area (Å²) in [7, 11) is 0. The highest BCUT2D eigenvalue weighted by Crippen LogP contribution is 2.23. The molecule has 0 aromatic heterocycles. The smallest absolute Gasteiger partial charge is 0.256 e. The molecule has 2 N–H and O–H groups in total. The molecule has 1 fully saturated rings. The third-order valence-electron chi connectivity index (χ3n) is 3.89. The summed E-state index contributed by atoms with van der Waals surface area (Å²) >= 11 is 0. The fourth-order valence-electron chi connectivity index (χ4n) is 2.79. The van der Waals surface area contributed by atoms with Gasteiger partial charge in [-0.2, -0.15) is 0 Å². The molecule has 3 rings (SSSR count). The molecule has 4 heteroatoms. The molecule has 1 unspecified atom stereocenters. The van der Waals surface area contributed by atoms with Crippen molar-refractivity contribution in [1.29, 1.82) is 0 Å². The van der Waals surface area contributed by atoms with Crippen molar-refractivity contribution in [2.24, 2.45) is 0 Å². The first-order chi connectivity index (χ1) is 10.1. The van der Waals surface area contributed by atoms with Gasteiger partial charge in [-0.15, -0.1) is 0 Å². The van der Waals surface area contributed by atoms with E-state index in [1.807, 2.05) is 48.2 Å². The Morgan fingerprint density at radius 1 is 1.29 bits per heavy atom. The number of nitrogens with two attached hydrogens (primary N) is 1. The summed E-state index contributed by atoms with van der Waals surface area (Å²) in [5, 5.41) is 2.09. The quantitative estimate of drug-likeness (QED) is 0.819. The molecule has 110 valence electrons. The minimum atomic E-state index is -0.00407. The molecule has 21 heavy (non-hydrogen) atoms. The molecule has 0 saturated carbocycles. The van der Waals surface area contributed by atoms with Gasteiger partial charge in [0.15, 0.2) is 0 Å². The maximum Gasteiger partial charge on any atom is 0.256 e. The largest absolute Gasteiger partial charge is 0.398 e. The number of carbonyl (C=O) groups excluding carboxylic acids is 1. The predicted molar refractivity (Wildman–Crippen MR) is 84.3 cm³/mol. The maximum absolute atomic E-state index is 12.8. The van der Waals surface area contributed by atoms with Crippen molar-refractivity contribution in [3.05, 3.63) is 42.0 Å². The molecule has 1 aliphatic heterocycles. The van der Waals surface area contributed by atoms with E-state index in [1.165, 1.54) is 0 Å². The van der Waals surface area contributed by atoms with Crippen LogP contribution in [0.3, 0.4) is 0 Å². The van der Waals surface area contributed by atoms with Crippen LogP contribution in [0.4, 0.5) is 5.69 Å². The second-order valence-corrected chi connectivity index (χ2v) is 5.57. The summed E-state index contributed by atoms with van der Waals surface area (Å²) in [4.78, 5) is 14.6. The summed E-state index contributed by atoms with van der Waals surface area (Å²) in [5.74, 6) is -0.00407. The number of amides is 1. The lowest BCUT2D eigenvalue weighted by molar-refractivity contribution is 0.0563. The van der Waals surface area contributed by atoms with E-state index in [4.69, 9.17) is 10.5 Å². The zero-order chi connectivity index (χ0) is 14.8. The van der Waals surface area contributed by atoms with Gasteiger partial charge in [0.25, 0.3) is 5.91 Å². The molecule has 2 aromatic carbocycles. The van der Waals surface area contributed by atoms with Crippen LogP contribution in [-0.2, 0) is 4.74 Å². The molecule has 0 radical (unpaired) electrons. The zero-order valence-corrected chi connectivity index (χ0v) is 12.2. The van der Waals surface area contributed by atoms with Crippen LogP contribution in [0.1, 0.15) is 23.7 Å². The molecule has 0 spiro atoms. The maximum atomic E-state index is 12.8. The normalized spacial score (nSPS) is 19.5. The number of benzene rings is 2. The first-order valence-corrected chi connectivity index (χ1v) is 7.34. The van der Waals surface area contributed by atoms with E-state index >= 15 is 0 Å². The molecule has 0 aliphatic carbocycles. The third-order valence-corrected chi connectivity index (χ3v) is 3.89. The van der Waals surface area contributed by atoms with E-state index < -0.39 is 0 Å². The first kappa shape index (κ1) is 13.9. The van der Waals surface area contributed by atoms with E-state index in [0.717, 1.165) is 23.7 Å². The lowest BCUT2D eigenvalue weighted by Crippen LogP contribution is -2.36. The number of fused-ring (bicyclic) bond motifs is 1. The van der Waals surface area contributed by atoms with Crippen molar-refractivity contribution in [2.45, 2.75) is 19.4 Å². The minimum absolute atomic E-state index is 0.00407. The van der Waals surface area contributed by atoms with Crippen molar-refractivity contribution in [3.63, 3.8) is 0 Å². The van der Waals surface area contributed by atoms with Crippen LogP contribution in [-0.4, -0.2) is 36.6 Å². The number of anilines is 1. The van der Waals surface area contributed by atoms with Crippen LogP contribution in [0.15, 0.2) is 36.4 Å². The van der Waals surface area contributed by atoms with Crippen molar-refractivity contribution in [1.82, 2.24) is 4.90 Å². The molecule has 1 amide bonds. The Bertz CT molecular complexity index is 669. The Balaban J connectivity index is 1.95. The predicted octanol–water partition coefficient (Wildman–Crippen LogP) is 2.67. The number of nitrogen functional groups attached to an aromatic ring is 1. The molecule has 1 atom stereocenters. The Kier molecular flexibility index (Phi) is 3.80. The van der Waals surface area contributed by atoms with Gasteiger partial charge in [0, 0.05) is 25.4 Å². The number of hydrogen-bond donors (Lipinski definition) is 1. The van der Waals surface area contributed by atoms with Crippen molar-refractivity contribution < 1.29 is 9.53 Å². The number of carbonyl (C=O) groups is 1. The topological polar surface area (TPSA) is 55.6 Å². The molecule has 1 saturated heterocycles. The van der Waals surface area contributed by atoms with Crippen molar-refractivity contribution >= 4 is 22.4 Å². The van der Waals surface area contributed by atoms with Gasteiger partial charge in [-0.05, 0) is 36.2 Å². The van der Waals surface area contributed by atoms with Crippen LogP contribution in [0, 0.1) is 0 Å². The Morgan fingerprint density at radius 3 is 2.76 bits per heavy atom. The van der Waals surface area contributed by atoms with Gasteiger partial charge in [-0.25, -0.2) is 0 Å². The van der Waals surface area contributed by atoms with Crippen LogP contribution in [0.2, 0.25) is 0 Å². The Hall–Kier alpha value is -2.07. The van der Waals surface area contributed by atoms with E-state index in [1.54, 1.807) is 0 Å². The molecule has 0 bridgehead atoms. The summed E-state index contributed by atoms with van der Waals surface area (Å²) in [6.07, 6.45) is 0.932. The number of hydrogen-bond acceptors (Lipinski definition) is 3. The highest BCUT2D eigenvalue weighted by molar-refractivity contribution is 6.03. The Morgan fingerprint density at radius 2 is 2.00 bits per heavy atom. The molecular formula is C17H20N2O2. The zero-order valence-electron chi connectivity index (χ0n) is 12.2. The molecule has 2 aromatic rings. The van der Waals surface area contributed by atoms with E-state index in [2.05, 4.69) is 0 Å². The average molecular weight is 284 g/mol. The fraction of sp³-hybridized carbons (Fsp3) is 0.353. The second kappa shape index (κ2) is 5.74. The van der Waals surface area contributed by atoms with E-state index in [-0.39, 0.29) is 12.0 Å². The monoisotopic (exact) mass is 284 g/mol.